The van der Waals surface area contributed by atoms with Crippen LogP contribution in [0.1, 0.15) is 26.7 Å². The number of quaternary nitrogens is 1. The Balaban J connectivity index is 1.93. The minimum absolute atomic E-state index is 0.164. The summed E-state index contributed by atoms with van der Waals surface area (Å²) in [6, 6.07) is 1.23. The number of anilines is 1. The summed E-state index contributed by atoms with van der Waals surface area (Å²) < 4.78 is 44.8. The molecular formula is C17H22F3N2O3+. The number of likely N-dealkylation sites (tertiary alicyclic amines) is 1. The van der Waals surface area contributed by atoms with Crippen LogP contribution in [0.2, 0.25) is 0 Å². The van der Waals surface area contributed by atoms with Gasteiger partial charge in [0.1, 0.15) is 0 Å². The number of carbonyl (C=O) groups excluding carboxylic acids is 2. The quantitative estimate of drug-likeness (QED) is 0.615. The zero-order valence-corrected chi connectivity index (χ0v) is 14.2. The first-order valence-electron chi connectivity index (χ1n) is 8.30. The number of carbonyl (C=O) groups is 2. The number of hydrogen-bond donors (Lipinski definition) is 2. The lowest BCUT2D eigenvalue weighted by atomic mass is 9.96. The predicted molar refractivity (Wildman–Crippen MR) is 84.5 cm³/mol. The van der Waals surface area contributed by atoms with Crippen LogP contribution in [-0.4, -0.2) is 37.6 Å². The molecule has 1 amide bonds. The molecule has 8 heteroatoms. The third-order valence-corrected chi connectivity index (χ3v) is 4.55. The van der Waals surface area contributed by atoms with Gasteiger partial charge < -0.3 is 15.0 Å². The van der Waals surface area contributed by atoms with Gasteiger partial charge in [0.15, 0.2) is 23.5 Å². The molecular weight excluding hydrogens is 337 g/mol. The van der Waals surface area contributed by atoms with Crippen molar-refractivity contribution in [2.45, 2.75) is 32.7 Å². The van der Waals surface area contributed by atoms with E-state index in [1.165, 1.54) is 0 Å². The molecule has 0 unspecified atom stereocenters. The van der Waals surface area contributed by atoms with Crippen LogP contribution >= 0.6 is 0 Å². The lowest BCUT2D eigenvalue weighted by Crippen LogP contribution is -3.17. The van der Waals surface area contributed by atoms with Crippen molar-refractivity contribution in [2.24, 2.45) is 5.92 Å². The minimum atomic E-state index is -1.62. The molecule has 1 aliphatic rings. The number of halogens is 3. The van der Waals surface area contributed by atoms with Crippen molar-refractivity contribution >= 4 is 17.6 Å². The summed E-state index contributed by atoms with van der Waals surface area (Å²) >= 11 is 0. The van der Waals surface area contributed by atoms with E-state index in [-0.39, 0.29) is 11.9 Å². The van der Waals surface area contributed by atoms with Crippen LogP contribution in [0.25, 0.3) is 0 Å². The van der Waals surface area contributed by atoms with Gasteiger partial charge in [-0.05, 0) is 26.0 Å². The third kappa shape index (κ3) is 4.50. The summed E-state index contributed by atoms with van der Waals surface area (Å²) in [4.78, 5) is 24.9. The molecule has 0 bridgehead atoms. The molecule has 1 heterocycles. The number of amides is 1. The second-order valence-electron chi connectivity index (χ2n) is 6.12. The summed E-state index contributed by atoms with van der Waals surface area (Å²) in [7, 11) is 0. The maximum atomic E-state index is 13.7. The number of piperidine rings is 1. The van der Waals surface area contributed by atoms with Crippen LogP contribution in [0.15, 0.2) is 12.1 Å². The number of nitrogens with one attached hydrogen (secondary N) is 2. The van der Waals surface area contributed by atoms with Gasteiger partial charge in [0.05, 0.1) is 31.3 Å². The zero-order chi connectivity index (χ0) is 18.6. The lowest BCUT2D eigenvalue weighted by molar-refractivity contribution is -0.919. The number of rotatable bonds is 5. The molecule has 1 aromatic carbocycles. The van der Waals surface area contributed by atoms with E-state index in [9.17, 15) is 22.8 Å². The van der Waals surface area contributed by atoms with Crippen LogP contribution in [0.3, 0.4) is 0 Å². The predicted octanol–water partition coefficient (Wildman–Crippen LogP) is 1.29. The maximum Gasteiger partial charge on any atom is 0.309 e. The normalized spacial score (nSPS) is 21.5. The Kier molecular flexibility index (Phi) is 6.41. The molecule has 1 aliphatic heterocycles. The molecule has 0 saturated carbocycles. The van der Waals surface area contributed by atoms with Crippen LogP contribution in [0.5, 0.6) is 0 Å². The van der Waals surface area contributed by atoms with Crippen molar-refractivity contribution in [3.05, 3.63) is 29.6 Å². The molecule has 0 spiro atoms. The van der Waals surface area contributed by atoms with E-state index >= 15 is 0 Å². The first-order chi connectivity index (χ1) is 11.8. The largest absolute Gasteiger partial charge is 0.466 e. The van der Waals surface area contributed by atoms with Gasteiger partial charge >= 0.3 is 5.97 Å². The van der Waals surface area contributed by atoms with Crippen molar-refractivity contribution in [1.82, 2.24) is 0 Å². The number of ether oxygens (including phenoxy) is 1. The van der Waals surface area contributed by atoms with E-state index in [1.807, 2.05) is 0 Å². The molecule has 1 aromatic rings. The van der Waals surface area contributed by atoms with E-state index < -0.39 is 35.1 Å². The SMILES string of the molecule is CCOC(=O)C1CC[NH+]([C@H](C)C(=O)Nc2ccc(F)c(F)c2F)CC1. The Morgan fingerprint density at radius 3 is 2.48 bits per heavy atom. The van der Waals surface area contributed by atoms with Crippen molar-refractivity contribution in [3.63, 3.8) is 0 Å². The van der Waals surface area contributed by atoms with Crippen molar-refractivity contribution in [1.29, 1.82) is 0 Å². The second kappa shape index (κ2) is 8.33. The van der Waals surface area contributed by atoms with Crippen LogP contribution in [0, 0.1) is 23.4 Å². The lowest BCUT2D eigenvalue weighted by Gasteiger charge is -2.31. The monoisotopic (exact) mass is 359 g/mol. The fourth-order valence-electron chi connectivity index (χ4n) is 2.97. The maximum absolute atomic E-state index is 13.7. The molecule has 25 heavy (non-hydrogen) atoms. The molecule has 1 atom stereocenters. The fourth-order valence-corrected chi connectivity index (χ4v) is 2.97. The van der Waals surface area contributed by atoms with E-state index in [0.29, 0.717) is 32.5 Å². The van der Waals surface area contributed by atoms with Gasteiger partial charge in [-0.15, -0.1) is 0 Å². The van der Waals surface area contributed by atoms with E-state index in [0.717, 1.165) is 17.0 Å². The molecule has 2 N–H and O–H groups in total. The smallest absolute Gasteiger partial charge is 0.309 e. The second-order valence-corrected chi connectivity index (χ2v) is 6.12. The summed E-state index contributed by atoms with van der Waals surface area (Å²) in [5.41, 5.74) is -0.392. The Morgan fingerprint density at radius 1 is 1.24 bits per heavy atom. The highest BCUT2D eigenvalue weighted by molar-refractivity contribution is 5.93. The van der Waals surface area contributed by atoms with E-state index in [4.69, 9.17) is 4.74 Å². The summed E-state index contributed by atoms with van der Waals surface area (Å²) in [5, 5.41) is 2.30. The van der Waals surface area contributed by atoms with Gasteiger partial charge in [-0.2, -0.15) is 0 Å². The molecule has 0 aromatic heterocycles. The minimum Gasteiger partial charge on any atom is -0.466 e. The van der Waals surface area contributed by atoms with Crippen LogP contribution < -0.4 is 10.2 Å². The van der Waals surface area contributed by atoms with Gasteiger partial charge in [-0.1, -0.05) is 0 Å². The molecule has 2 rings (SSSR count). The summed E-state index contributed by atoms with van der Waals surface area (Å²) in [6.07, 6.45) is 1.21. The van der Waals surface area contributed by atoms with Gasteiger partial charge in [-0.3, -0.25) is 9.59 Å². The van der Waals surface area contributed by atoms with E-state index in [1.54, 1.807) is 13.8 Å². The zero-order valence-electron chi connectivity index (χ0n) is 14.2. The highest BCUT2D eigenvalue weighted by Gasteiger charge is 2.33. The number of esters is 1. The summed E-state index contributed by atoms with van der Waals surface area (Å²) in [5.74, 6) is -5.22. The number of hydrogen-bond acceptors (Lipinski definition) is 3. The van der Waals surface area contributed by atoms with Gasteiger partial charge in [0.2, 0.25) is 0 Å². The molecule has 1 fully saturated rings. The highest BCUT2D eigenvalue weighted by atomic mass is 19.2. The fraction of sp³-hybridized carbons (Fsp3) is 0.529. The third-order valence-electron chi connectivity index (χ3n) is 4.55. The summed E-state index contributed by atoms with van der Waals surface area (Å²) in [6.45, 7) is 4.95. The van der Waals surface area contributed by atoms with E-state index in [2.05, 4.69) is 5.32 Å². The van der Waals surface area contributed by atoms with Crippen molar-refractivity contribution in [3.8, 4) is 0 Å². The van der Waals surface area contributed by atoms with Gasteiger partial charge in [0.25, 0.3) is 5.91 Å². The average molecular weight is 359 g/mol. The molecule has 1 saturated heterocycles. The van der Waals surface area contributed by atoms with Crippen LogP contribution in [0.4, 0.5) is 18.9 Å². The molecule has 0 aliphatic carbocycles. The highest BCUT2D eigenvalue weighted by Crippen LogP contribution is 2.19. The Hall–Kier alpha value is -2.09. The Morgan fingerprint density at radius 2 is 1.88 bits per heavy atom. The molecule has 138 valence electrons. The number of benzene rings is 1. The Bertz CT molecular complexity index is 646. The Labute approximate surface area is 144 Å². The van der Waals surface area contributed by atoms with Crippen molar-refractivity contribution in [2.75, 3.05) is 25.0 Å². The topological polar surface area (TPSA) is 59.8 Å². The first-order valence-corrected chi connectivity index (χ1v) is 8.30. The van der Waals surface area contributed by atoms with Gasteiger partial charge in [-0.25, -0.2) is 13.2 Å². The van der Waals surface area contributed by atoms with Gasteiger partial charge in [0, 0.05) is 12.8 Å². The molecule has 5 nitrogen and oxygen atoms in total. The van der Waals surface area contributed by atoms with Crippen LogP contribution in [-0.2, 0) is 14.3 Å². The average Bonchev–Trinajstić information content (AvgIpc) is 2.61. The standard InChI is InChI=1S/C17H21F3N2O3/c1-3-25-17(24)11-6-8-22(9-7-11)10(2)16(23)21-13-5-4-12(18)14(19)15(13)20/h4-5,10-11H,3,6-9H2,1-2H3,(H,21,23)/p+1/t10-/m1/s1. The molecule has 0 radical (unpaired) electrons. The first kappa shape index (κ1) is 19.2. The van der Waals surface area contributed by atoms with Crippen molar-refractivity contribution < 1.29 is 32.4 Å².